The summed E-state index contributed by atoms with van der Waals surface area (Å²) in [5, 5.41) is 0. The minimum absolute atomic E-state index is 0.0898. The van der Waals surface area contributed by atoms with Crippen molar-refractivity contribution in [2.45, 2.75) is 38.6 Å². The van der Waals surface area contributed by atoms with E-state index in [9.17, 15) is 4.79 Å². The third-order valence-electron chi connectivity index (χ3n) is 4.97. The molecular weight excluding hydrogens is 324 g/mol. The van der Waals surface area contributed by atoms with Crippen LogP contribution in [-0.2, 0) is 11.8 Å². The van der Waals surface area contributed by atoms with Crippen LogP contribution in [0.4, 0.5) is 0 Å². The van der Waals surface area contributed by atoms with E-state index in [1.165, 1.54) is 18.5 Å². The zero-order valence-electron chi connectivity index (χ0n) is 15.7. The first-order valence-electron chi connectivity index (χ1n) is 9.52. The molecule has 0 aliphatic carbocycles. The fourth-order valence-corrected chi connectivity index (χ4v) is 3.61. The summed E-state index contributed by atoms with van der Waals surface area (Å²) in [6.07, 6.45) is 10.1. The minimum Gasteiger partial charge on any atom is -0.494 e. The van der Waals surface area contributed by atoms with Crippen LogP contribution in [0.15, 0.2) is 48.7 Å². The predicted octanol–water partition coefficient (Wildman–Crippen LogP) is 4.58. The van der Waals surface area contributed by atoms with E-state index in [-0.39, 0.29) is 11.9 Å². The highest BCUT2D eigenvalue weighted by Crippen LogP contribution is 2.30. The van der Waals surface area contributed by atoms with Gasteiger partial charge in [0.2, 0.25) is 5.91 Å². The topological polar surface area (TPSA) is 34.5 Å². The van der Waals surface area contributed by atoms with Crippen molar-refractivity contribution in [2.24, 2.45) is 7.05 Å². The van der Waals surface area contributed by atoms with Gasteiger partial charge in [-0.25, -0.2) is 0 Å². The fourth-order valence-electron chi connectivity index (χ4n) is 3.61. The Morgan fingerprint density at radius 3 is 2.69 bits per heavy atom. The average molecular weight is 352 g/mol. The molecule has 2 heterocycles. The van der Waals surface area contributed by atoms with Gasteiger partial charge in [-0.2, -0.15) is 0 Å². The number of benzene rings is 1. The lowest BCUT2D eigenvalue weighted by molar-refractivity contribution is -0.128. The predicted molar refractivity (Wildman–Crippen MR) is 105 cm³/mol. The van der Waals surface area contributed by atoms with Gasteiger partial charge in [0, 0.05) is 31.6 Å². The van der Waals surface area contributed by atoms with Gasteiger partial charge in [0.15, 0.2) is 0 Å². The van der Waals surface area contributed by atoms with E-state index < -0.39 is 0 Å². The number of likely N-dealkylation sites (tertiary alicyclic amines) is 1. The normalized spacial score (nSPS) is 18.1. The Morgan fingerprint density at radius 1 is 1.19 bits per heavy atom. The van der Waals surface area contributed by atoms with Gasteiger partial charge >= 0.3 is 0 Å². The van der Waals surface area contributed by atoms with Crippen molar-refractivity contribution in [2.75, 3.05) is 13.2 Å². The zero-order valence-corrected chi connectivity index (χ0v) is 15.7. The van der Waals surface area contributed by atoms with Gasteiger partial charge in [-0.05, 0) is 55.7 Å². The van der Waals surface area contributed by atoms with Crippen LogP contribution in [0.3, 0.4) is 0 Å². The molecule has 0 saturated carbocycles. The molecule has 1 atom stereocenters. The lowest BCUT2D eigenvalue weighted by atomic mass is 10.1. The molecule has 26 heavy (non-hydrogen) atoms. The first kappa shape index (κ1) is 18.3. The third-order valence-corrected chi connectivity index (χ3v) is 4.97. The molecule has 1 aliphatic heterocycles. The quantitative estimate of drug-likeness (QED) is 0.738. The van der Waals surface area contributed by atoms with Crippen LogP contribution in [0.2, 0.25) is 0 Å². The second-order valence-electron chi connectivity index (χ2n) is 6.78. The molecule has 1 fully saturated rings. The Labute approximate surface area is 156 Å². The number of aryl methyl sites for hydroxylation is 1. The van der Waals surface area contributed by atoms with E-state index in [1.54, 1.807) is 6.08 Å². The molecule has 1 saturated heterocycles. The smallest absolute Gasteiger partial charge is 0.247 e. The highest BCUT2D eigenvalue weighted by Gasteiger charge is 2.26. The number of hydrogen-bond donors (Lipinski definition) is 0. The highest BCUT2D eigenvalue weighted by atomic mass is 16.5. The summed E-state index contributed by atoms with van der Waals surface area (Å²) in [5.74, 6) is 0.944. The van der Waals surface area contributed by atoms with Crippen LogP contribution in [-0.4, -0.2) is 28.5 Å². The molecule has 1 aromatic heterocycles. The third kappa shape index (κ3) is 4.37. The first-order chi connectivity index (χ1) is 12.7. The van der Waals surface area contributed by atoms with Gasteiger partial charge < -0.3 is 14.2 Å². The summed E-state index contributed by atoms with van der Waals surface area (Å²) >= 11 is 0. The summed E-state index contributed by atoms with van der Waals surface area (Å²) in [6.45, 7) is 3.45. The molecule has 1 aromatic carbocycles. The first-order valence-corrected chi connectivity index (χ1v) is 9.52. The Kier molecular flexibility index (Phi) is 6.16. The van der Waals surface area contributed by atoms with Crippen LogP contribution in [0.1, 0.15) is 49.9 Å². The van der Waals surface area contributed by atoms with Crippen LogP contribution in [0.25, 0.3) is 6.08 Å². The Morgan fingerprint density at radius 2 is 2.00 bits per heavy atom. The van der Waals surface area contributed by atoms with Crippen molar-refractivity contribution >= 4 is 12.0 Å². The van der Waals surface area contributed by atoms with E-state index in [2.05, 4.69) is 29.9 Å². The monoisotopic (exact) mass is 352 g/mol. The van der Waals surface area contributed by atoms with E-state index in [0.717, 1.165) is 30.7 Å². The molecule has 3 rings (SSSR count). The SMILES string of the molecule is CCOc1ccc(/C=C/C(=O)N2CCCCCC2c2cccn2C)cc1. The molecule has 4 heteroatoms. The van der Waals surface area contributed by atoms with Gasteiger partial charge in [-0.15, -0.1) is 0 Å². The summed E-state index contributed by atoms with van der Waals surface area (Å²) in [7, 11) is 2.05. The second-order valence-corrected chi connectivity index (χ2v) is 6.78. The number of rotatable bonds is 5. The maximum atomic E-state index is 12.9. The lowest BCUT2D eigenvalue weighted by Crippen LogP contribution is -2.34. The molecule has 0 N–H and O–H groups in total. The van der Waals surface area contributed by atoms with Crippen molar-refractivity contribution in [3.05, 3.63) is 59.9 Å². The minimum atomic E-state index is 0.0898. The average Bonchev–Trinajstić information content (AvgIpc) is 2.93. The number of ether oxygens (including phenoxy) is 1. The summed E-state index contributed by atoms with van der Waals surface area (Å²) < 4.78 is 7.59. The van der Waals surface area contributed by atoms with Crippen molar-refractivity contribution < 1.29 is 9.53 Å². The Balaban J connectivity index is 1.74. The van der Waals surface area contributed by atoms with Crippen molar-refractivity contribution in [3.63, 3.8) is 0 Å². The van der Waals surface area contributed by atoms with Crippen LogP contribution < -0.4 is 4.74 Å². The Bertz CT molecular complexity index is 746. The lowest BCUT2D eigenvalue weighted by Gasteiger charge is -2.29. The zero-order chi connectivity index (χ0) is 18.4. The summed E-state index contributed by atoms with van der Waals surface area (Å²) in [5.41, 5.74) is 2.22. The number of carbonyl (C=O) groups excluding carboxylic acids is 1. The largest absolute Gasteiger partial charge is 0.494 e. The maximum Gasteiger partial charge on any atom is 0.247 e. The van der Waals surface area contributed by atoms with Crippen molar-refractivity contribution in [1.29, 1.82) is 0 Å². The van der Waals surface area contributed by atoms with Gasteiger partial charge in [0.1, 0.15) is 5.75 Å². The van der Waals surface area contributed by atoms with E-state index in [4.69, 9.17) is 4.74 Å². The number of hydrogen-bond acceptors (Lipinski definition) is 2. The van der Waals surface area contributed by atoms with E-state index in [1.807, 2.05) is 42.2 Å². The second kappa shape index (κ2) is 8.75. The van der Waals surface area contributed by atoms with E-state index in [0.29, 0.717) is 6.61 Å². The molecule has 0 bridgehead atoms. The summed E-state index contributed by atoms with van der Waals surface area (Å²) in [6, 6.07) is 12.2. The summed E-state index contributed by atoms with van der Waals surface area (Å²) in [4.78, 5) is 15.0. The molecule has 138 valence electrons. The van der Waals surface area contributed by atoms with Gasteiger partial charge in [0.05, 0.1) is 12.6 Å². The molecule has 0 spiro atoms. The van der Waals surface area contributed by atoms with Crippen molar-refractivity contribution in [3.8, 4) is 5.75 Å². The van der Waals surface area contributed by atoms with Gasteiger partial charge in [0.25, 0.3) is 0 Å². The van der Waals surface area contributed by atoms with Gasteiger partial charge in [-0.1, -0.05) is 25.0 Å². The molecular formula is C22H28N2O2. The fraction of sp³-hybridized carbons (Fsp3) is 0.409. The molecule has 4 nitrogen and oxygen atoms in total. The number of aromatic nitrogens is 1. The number of carbonyl (C=O) groups is 1. The molecule has 1 aliphatic rings. The van der Waals surface area contributed by atoms with E-state index >= 15 is 0 Å². The number of nitrogens with zero attached hydrogens (tertiary/aromatic N) is 2. The Hall–Kier alpha value is -2.49. The standard InChI is InChI=1S/C22H28N2O2/c1-3-26-19-13-10-18(11-14-19)12-15-22(25)24-17-6-4-5-8-21(24)20-9-7-16-23(20)2/h7,9-16,21H,3-6,8,17H2,1-2H3/b15-12+. The van der Waals surface area contributed by atoms with Crippen molar-refractivity contribution in [1.82, 2.24) is 9.47 Å². The molecule has 2 aromatic rings. The maximum absolute atomic E-state index is 12.9. The van der Waals surface area contributed by atoms with Gasteiger partial charge in [-0.3, -0.25) is 4.79 Å². The molecule has 1 unspecified atom stereocenters. The van der Waals surface area contributed by atoms with Crippen LogP contribution >= 0.6 is 0 Å². The van der Waals surface area contributed by atoms with Crippen LogP contribution in [0.5, 0.6) is 5.75 Å². The highest BCUT2D eigenvalue weighted by molar-refractivity contribution is 5.92. The number of amides is 1. The van der Waals surface area contributed by atoms with Crippen LogP contribution in [0, 0.1) is 0 Å². The molecule has 0 radical (unpaired) electrons. The molecule has 1 amide bonds.